The van der Waals surface area contributed by atoms with Crippen molar-refractivity contribution in [3.63, 3.8) is 0 Å². The number of likely N-dealkylation sites (tertiary alicyclic amines) is 1. The average molecular weight is 252 g/mol. The molecule has 1 saturated heterocycles. The van der Waals surface area contributed by atoms with Gasteiger partial charge in [0.1, 0.15) is 0 Å². The van der Waals surface area contributed by atoms with Crippen LogP contribution < -0.4 is 5.73 Å². The van der Waals surface area contributed by atoms with Crippen molar-refractivity contribution in [2.45, 2.75) is 19.8 Å². The predicted molar refractivity (Wildman–Crippen MR) is 66.2 cm³/mol. The summed E-state index contributed by atoms with van der Waals surface area (Å²) in [5.41, 5.74) is 4.83. The Hall–Kier alpha value is -1.61. The van der Waals surface area contributed by atoms with Crippen LogP contribution in [0.25, 0.3) is 0 Å². The molecule has 0 bridgehead atoms. The van der Waals surface area contributed by atoms with E-state index < -0.39 is 5.41 Å². The molecule has 1 fully saturated rings. The van der Waals surface area contributed by atoms with Gasteiger partial charge in [-0.1, -0.05) is 0 Å². The summed E-state index contributed by atoms with van der Waals surface area (Å²) in [7, 11) is 1.68. The third kappa shape index (κ3) is 3.44. The first kappa shape index (κ1) is 14.5. The van der Waals surface area contributed by atoms with Gasteiger partial charge in [-0.2, -0.15) is 5.26 Å². The minimum atomic E-state index is -0.522. The molecule has 100 valence electrons. The monoisotopic (exact) mass is 252 g/mol. The number of nitrogens with zero attached hydrogens (tertiary/aromatic N) is 3. The van der Waals surface area contributed by atoms with Crippen LogP contribution in [0.1, 0.15) is 19.8 Å². The highest BCUT2D eigenvalue weighted by molar-refractivity contribution is 5.81. The van der Waals surface area contributed by atoms with E-state index in [0.717, 1.165) is 0 Å². The Kier molecular flexibility index (Phi) is 4.68. The van der Waals surface area contributed by atoms with Crippen LogP contribution in [0, 0.1) is 16.7 Å². The molecule has 2 amide bonds. The van der Waals surface area contributed by atoms with Crippen molar-refractivity contribution in [3.05, 3.63) is 0 Å². The van der Waals surface area contributed by atoms with Crippen molar-refractivity contribution in [2.75, 3.05) is 33.2 Å². The fraction of sp³-hybridized carbons (Fsp3) is 0.750. The van der Waals surface area contributed by atoms with Gasteiger partial charge in [-0.05, 0) is 19.9 Å². The van der Waals surface area contributed by atoms with E-state index >= 15 is 0 Å². The molecule has 6 heteroatoms. The summed E-state index contributed by atoms with van der Waals surface area (Å²) in [6.45, 7) is 3.79. The Balaban J connectivity index is 2.44. The van der Waals surface area contributed by atoms with Gasteiger partial charge in [-0.25, -0.2) is 0 Å². The third-order valence-electron chi connectivity index (χ3n) is 3.49. The number of carbonyl (C=O) groups excluding carboxylic acids is 2. The zero-order valence-corrected chi connectivity index (χ0v) is 11.0. The number of carbonyl (C=O) groups is 2. The second-order valence-electron chi connectivity index (χ2n) is 5.11. The molecule has 0 aromatic heterocycles. The molecule has 1 aliphatic heterocycles. The first-order valence-electron chi connectivity index (χ1n) is 6.02. The van der Waals surface area contributed by atoms with E-state index in [2.05, 4.69) is 0 Å². The standard InChI is InChI=1S/C12H20N4O2/c1-12(11(14)18)4-7-16(9-12)8-10(17)15(2)6-3-5-13/h3-4,6-9H2,1-2H3,(H2,14,18). The van der Waals surface area contributed by atoms with Gasteiger partial charge in [0.15, 0.2) is 0 Å². The van der Waals surface area contributed by atoms with Crippen molar-refractivity contribution in [3.8, 4) is 6.07 Å². The van der Waals surface area contributed by atoms with Crippen LogP contribution in [0.2, 0.25) is 0 Å². The first-order valence-corrected chi connectivity index (χ1v) is 6.02. The molecule has 0 aliphatic carbocycles. The maximum atomic E-state index is 11.8. The lowest BCUT2D eigenvalue weighted by molar-refractivity contribution is -0.131. The lowest BCUT2D eigenvalue weighted by Gasteiger charge is -2.23. The number of hydrogen-bond acceptors (Lipinski definition) is 4. The number of amides is 2. The molecule has 1 rings (SSSR count). The van der Waals surface area contributed by atoms with Gasteiger partial charge in [-0.15, -0.1) is 0 Å². The van der Waals surface area contributed by atoms with Crippen molar-refractivity contribution < 1.29 is 9.59 Å². The maximum absolute atomic E-state index is 11.8. The lowest BCUT2D eigenvalue weighted by atomic mass is 9.89. The SMILES string of the molecule is CN(CCC#N)C(=O)CN1CCC(C)(C(N)=O)C1. The van der Waals surface area contributed by atoms with Crippen molar-refractivity contribution in [2.24, 2.45) is 11.1 Å². The van der Waals surface area contributed by atoms with E-state index in [1.54, 1.807) is 11.9 Å². The first-order chi connectivity index (χ1) is 8.39. The largest absolute Gasteiger partial charge is 0.369 e. The van der Waals surface area contributed by atoms with Gasteiger partial charge >= 0.3 is 0 Å². The van der Waals surface area contributed by atoms with E-state index in [4.69, 9.17) is 11.0 Å². The van der Waals surface area contributed by atoms with E-state index in [9.17, 15) is 9.59 Å². The van der Waals surface area contributed by atoms with Crippen LogP contribution in [-0.2, 0) is 9.59 Å². The van der Waals surface area contributed by atoms with Crippen molar-refractivity contribution in [1.29, 1.82) is 5.26 Å². The van der Waals surface area contributed by atoms with Gasteiger partial charge in [0, 0.05) is 20.1 Å². The summed E-state index contributed by atoms with van der Waals surface area (Å²) in [5.74, 6) is -0.339. The summed E-state index contributed by atoms with van der Waals surface area (Å²) in [5, 5.41) is 8.46. The van der Waals surface area contributed by atoms with Crippen LogP contribution in [0.4, 0.5) is 0 Å². The Bertz CT molecular complexity index is 377. The highest BCUT2D eigenvalue weighted by atomic mass is 16.2. The number of likely N-dealkylation sites (N-methyl/N-ethyl adjacent to an activating group) is 1. The van der Waals surface area contributed by atoms with Crippen LogP contribution in [-0.4, -0.2) is 54.8 Å². The molecule has 6 nitrogen and oxygen atoms in total. The molecule has 0 aromatic rings. The summed E-state index contributed by atoms with van der Waals surface area (Å²) in [6, 6.07) is 2.01. The third-order valence-corrected chi connectivity index (χ3v) is 3.49. The molecule has 1 heterocycles. The topological polar surface area (TPSA) is 90.4 Å². The highest BCUT2D eigenvalue weighted by Crippen LogP contribution is 2.29. The molecule has 0 saturated carbocycles. The molecule has 1 atom stereocenters. The summed E-state index contributed by atoms with van der Waals surface area (Å²) >= 11 is 0. The molecule has 0 spiro atoms. The summed E-state index contributed by atoms with van der Waals surface area (Å²) in [4.78, 5) is 26.6. The van der Waals surface area contributed by atoms with Gasteiger partial charge in [-0.3, -0.25) is 14.5 Å². The van der Waals surface area contributed by atoms with Gasteiger partial charge in [0.25, 0.3) is 0 Å². The second-order valence-corrected chi connectivity index (χ2v) is 5.11. The molecular weight excluding hydrogens is 232 g/mol. The molecule has 18 heavy (non-hydrogen) atoms. The number of primary amides is 1. The number of nitriles is 1. The minimum absolute atomic E-state index is 0.0287. The normalized spacial score (nSPS) is 23.6. The zero-order chi connectivity index (χ0) is 13.8. The number of rotatable bonds is 5. The predicted octanol–water partition coefficient (Wildman–Crippen LogP) is -0.444. The molecule has 0 aromatic carbocycles. The van der Waals surface area contributed by atoms with E-state index in [1.807, 2.05) is 17.9 Å². The molecule has 1 aliphatic rings. The highest BCUT2D eigenvalue weighted by Gasteiger charge is 2.39. The number of hydrogen-bond donors (Lipinski definition) is 1. The summed E-state index contributed by atoms with van der Waals surface area (Å²) < 4.78 is 0. The zero-order valence-electron chi connectivity index (χ0n) is 11.0. The van der Waals surface area contributed by atoms with E-state index in [0.29, 0.717) is 32.5 Å². The molecular formula is C12H20N4O2. The van der Waals surface area contributed by atoms with Crippen molar-refractivity contribution in [1.82, 2.24) is 9.80 Å². The van der Waals surface area contributed by atoms with Gasteiger partial charge in [0.05, 0.1) is 24.4 Å². The maximum Gasteiger partial charge on any atom is 0.236 e. The molecule has 2 N–H and O–H groups in total. The quantitative estimate of drug-likeness (QED) is 0.718. The van der Waals surface area contributed by atoms with Gasteiger partial charge < -0.3 is 10.6 Å². The van der Waals surface area contributed by atoms with Crippen molar-refractivity contribution >= 4 is 11.8 Å². The fourth-order valence-electron chi connectivity index (χ4n) is 2.05. The Labute approximate surface area is 107 Å². The van der Waals surface area contributed by atoms with Crippen LogP contribution in [0.3, 0.4) is 0 Å². The summed E-state index contributed by atoms with van der Waals surface area (Å²) in [6.07, 6.45) is 1.03. The Morgan fingerprint density at radius 3 is 2.72 bits per heavy atom. The lowest BCUT2D eigenvalue weighted by Crippen LogP contribution is -2.41. The smallest absolute Gasteiger partial charge is 0.236 e. The minimum Gasteiger partial charge on any atom is -0.369 e. The van der Waals surface area contributed by atoms with Gasteiger partial charge in [0.2, 0.25) is 11.8 Å². The molecule has 1 unspecified atom stereocenters. The van der Waals surface area contributed by atoms with Crippen LogP contribution >= 0.6 is 0 Å². The fourth-order valence-corrected chi connectivity index (χ4v) is 2.05. The van der Waals surface area contributed by atoms with E-state index in [1.165, 1.54) is 0 Å². The Morgan fingerprint density at radius 1 is 1.56 bits per heavy atom. The van der Waals surface area contributed by atoms with E-state index in [-0.39, 0.29) is 18.4 Å². The number of nitrogens with two attached hydrogens (primary N) is 1. The van der Waals surface area contributed by atoms with Crippen LogP contribution in [0.15, 0.2) is 0 Å². The second kappa shape index (κ2) is 5.83. The average Bonchev–Trinajstić information content (AvgIpc) is 2.69. The molecule has 0 radical (unpaired) electrons. The Morgan fingerprint density at radius 2 is 2.22 bits per heavy atom. The van der Waals surface area contributed by atoms with Crippen LogP contribution in [0.5, 0.6) is 0 Å².